The summed E-state index contributed by atoms with van der Waals surface area (Å²) in [6.07, 6.45) is 0.166. The number of fused-ring (bicyclic) bond motifs is 1. The third-order valence-electron chi connectivity index (χ3n) is 5.16. The van der Waals surface area contributed by atoms with Gasteiger partial charge in [0.15, 0.2) is 0 Å². The standard InChI is InChI=1S/C22H18IN3O6S/c23-16-12-33-21-18(24-17(27)10-13-4-2-1-3-5-13)20(28)25(21)19(16)22(29)32-11-14-6-8-15(9-7-14)26(30)31/h1-9,18,21H,10-12H2,(H,24,27). The zero-order chi connectivity index (χ0) is 23.5. The Labute approximate surface area is 206 Å². The highest BCUT2D eigenvalue weighted by molar-refractivity contribution is 14.1. The smallest absolute Gasteiger partial charge is 0.356 e. The molecule has 0 spiro atoms. The number of hydrogen-bond acceptors (Lipinski definition) is 7. The maximum atomic E-state index is 12.8. The van der Waals surface area contributed by atoms with Crippen LogP contribution in [0.1, 0.15) is 11.1 Å². The van der Waals surface area contributed by atoms with E-state index in [2.05, 4.69) is 5.32 Å². The van der Waals surface area contributed by atoms with Crippen LogP contribution in [0.3, 0.4) is 0 Å². The molecule has 0 aliphatic carbocycles. The second kappa shape index (κ2) is 9.91. The molecular formula is C22H18IN3O6S. The Morgan fingerprint density at radius 1 is 1.15 bits per heavy atom. The minimum atomic E-state index is -0.701. The normalized spacial score (nSPS) is 19.4. The van der Waals surface area contributed by atoms with Crippen LogP contribution in [0.5, 0.6) is 0 Å². The van der Waals surface area contributed by atoms with Crippen molar-refractivity contribution >= 4 is 57.8 Å². The third-order valence-corrected chi connectivity index (χ3v) is 7.85. The summed E-state index contributed by atoms with van der Waals surface area (Å²) in [5, 5.41) is 13.2. The molecule has 11 heteroatoms. The van der Waals surface area contributed by atoms with Gasteiger partial charge in [0.1, 0.15) is 23.7 Å². The molecule has 0 saturated carbocycles. The van der Waals surface area contributed by atoms with Gasteiger partial charge in [-0.1, -0.05) is 30.3 Å². The molecule has 2 aromatic carbocycles. The molecule has 0 bridgehead atoms. The molecule has 2 aromatic rings. The van der Waals surface area contributed by atoms with Crippen LogP contribution >= 0.6 is 34.4 Å². The minimum Gasteiger partial charge on any atom is -0.456 e. The van der Waals surface area contributed by atoms with Crippen molar-refractivity contribution in [2.24, 2.45) is 0 Å². The van der Waals surface area contributed by atoms with Crippen molar-refractivity contribution in [3.05, 3.63) is 85.1 Å². The van der Waals surface area contributed by atoms with Crippen molar-refractivity contribution in [2.75, 3.05) is 5.75 Å². The molecule has 0 radical (unpaired) electrons. The van der Waals surface area contributed by atoms with E-state index in [0.29, 0.717) is 14.9 Å². The number of halogens is 1. The Morgan fingerprint density at radius 3 is 2.52 bits per heavy atom. The van der Waals surface area contributed by atoms with Crippen molar-refractivity contribution in [2.45, 2.75) is 24.4 Å². The summed E-state index contributed by atoms with van der Waals surface area (Å²) >= 11 is 3.49. The van der Waals surface area contributed by atoms with Gasteiger partial charge >= 0.3 is 5.97 Å². The zero-order valence-corrected chi connectivity index (χ0v) is 20.1. The number of nitro groups is 1. The number of β-lactam (4-membered cyclic amide) rings is 1. The summed E-state index contributed by atoms with van der Waals surface area (Å²) < 4.78 is 6.06. The molecule has 2 heterocycles. The van der Waals surface area contributed by atoms with Crippen molar-refractivity contribution in [3.8, 4) is 0 Å². The van der Waals surface area contributed by atoms with E-state index in [1.165, 1.54) is 40.9 Å². The fraction of sp³-hybridized carbons (Fsp3) is 0.227. The molecule has 9 nitrogen and oxygen atoms in total. The molecule has 2 aliphatic rings. The summed E-state index contributed by atoms with van der Waals surface area (Å²) in [5.74, 6) is -0.746. The molecular weight excluding hydrogens is 561 g/mol. The van der Waals surface area contributed by atoms with Gasteiger partial charge in [-0.3, -0.25) is 24.6 Å². The van der Waals surface area contributed by atoms with Crippen LogP contribution in [0.25, 0.3) is 0 Å². The highest BCUT2D eigenvalue weighted by Crippen LogP contribution is 2.42. The zero-order valence-electron chi connectivity index (χ0n) is 17.1. The molecule has 4 rings (SSSR count). The SMILES string of the molecule is O=C(Cc1ccccc1)NC1C(=O)N2C(C(=O)OCc3ccc([N+](=O)[O-])cc3)=C(I)CSC12. The number of non-ortho nitro benzene ring substituents is 1. The Bertz CT molecular complexity index is 1140. The van der Waals surface area contributed by atoms with Crippen LogP contribution in [-0.2, 0) is 32.1 Å². The van der Waals surface area contributed by atoms with E-state index in [0.717, 1.165) is 5.56 Å². The Kier molecular flexibility index (Phi) is 6.98. The molecule has 0 aromatic heterocycles. The third kappa shape index (κ3) is 5.03. The van der Waals surface area contributed by atoms with Crippen LogP contribution in [-0.4, -0.2) is 44.8 Å². The number of rotatable bonds is 7. The summed E-state index contributed by atoms with van der Waals surface area (Å²) in [5.41, 5.74) is 1.56. The number of nitrogens with zero attached hydrogens (tertiary/aromatic N) is 2. The number of ether oxygens (including phenoxy) is 1. The second-order valence-electron chi connectivity index (χ2n) is 7.37. The monoisotopic (exact) mass is 579 g/mol. The number of carbonyl (C=O) groups excluding carboxylic acids is 3. The number of esters is 1. The fourth-order valence-electron chi connectivity index (χ4n) is 3.51. The average molecular weight is 579 g/mol. The summed E-state index contributed by atoms with van der Waals surface area (Å²) in [6.45, 7) is -0.0820. The van der Waals surface area contributed by atoms with Crippen molar-refractivity contribution < 1.29 is 24.0 Å². The Balaban J connectivity index is 1.37. The average Bonchev–Trinajstić information content (AvgIpc) is 2.81. The molecule has 1 N–H and O–H groups in total. The Hall–Kier alpha value is -2.93. The van der Waals surface area contributed by atoms with Crippen LogP contribution < -0.4 is 5.32 Å². The Morgan fingerprint density at radius 2 is 1.85 bits per heavy atom. The predicted octanol–water partition coefficient (Wildman–Crippen LogP) is 2.93. The maximum absolute atomic E-state index is 12.8. The molecule has 2 atom stereocenters. The molecule has 2 unspecified atom stereocenters. The highest BCUT2D eigenvalue weighted by atomic mass is 127. The van der Waals surface area contributed by atoms with Gasteiger partial charge in [-0.2, -0.15) is 0 Å². The molecule has 2 aliphatic heterocycles. The first-order valence-corrected chi connectivity index (χ1v) is 12.0. The van der Waals surface area contributed by atoms with E-state index in [1.807, 2.05) is 52.9 Å². The molecule has 1 saturated heterocycles. The van der Waals surface area contributed by atoms with E-state index in [9.17, 15) is 24.5 Å². The molecule has 170 valence electrons. The first-order valence-electron chi connectivity index (χ1n) is 9.92. The topological polar surface area (TPSA) is 119 Å². The molecule has 33 heavy (non-hydrogen) atoms. The van der Waals surface area contributed by atoms with Crippen LogP contribution in [0.15, 0.2) is 63.9 Å². The van der Waals surface area contributed by atoms with Crippen molar-refractivity contribution in [1.29, 1.82) is 0 Å². The second-order valence-corrected chi connectivity index (χ2v) is 9.78. The van der Waals surface area contributed by atoms with E-state index in [1.54, 1.807) is 0 Å². The summed E-state index contributed by atoms with van der Waals surface area (Å²) in [4.78, 5) is 49.6. The van der Waals surface area contributed by atoms with E-state index >= 15 is 0 Å². The fourth-order valence-corrected chi connectivity index (χ4v) is 5.72. The first kappa shape index (κ1) is 23.2. The number of carbonyl (C=O) groups is 3. The number of benzene rings is 2. The van der Waals surface area contributed by atoms with Gasteiger partial charge in [-0.05, 0) is 45.9 Å². The lowest BCUT2D eigenvalue weighted by molar-refractivity contribution is -0.384. The van der Waals surface area contributed by atoms with Gasteiger partial charge in [-0.25, -0.2) is 4.79 Å². The first-order chi connectivity index (χ1) is 15.8. The van der Waals surface area contributed by atoms with Crippen LogP contribution in [0.4, 0.5) is 5.69 Å². The number of nitrogens with one attached hydrogen (secondary N) is 1. The number of nitro benzene ring substituents is 1. The van der Waals surface area contributed by atoms with Gasteiger partial charge in [-0.15, -0.1) is 11.8 Å². The van der Waals surface area contributed by atoms with Gasteiger partial charge in [0.25, 0.3) is 11.6 Å². The predicted molar refractivity (Wildman–Crippen MR) is 129 cm³/mol. The lowest BCUT2D eigenvalue weighted by Crippen LogP contribution is -2.70. The lowest BCUT2D eigenvalue weighted by Gasteiger charge is -2.49. The number of thioether (sulfide) groups is 1. The van der Waals surface area contributed by atoms with E-state index < -0.39 is 16.9 Å². The van der Waals surface area contributed by atoms with E-state index in [-0.39, 0.29) is 41.6 Å². The quantitative estimate of drug-likeness (QED) is 0.176. The van der Waals surface area contributed by atoms with Crippen molar-refractivity contribution in [1.82, 2.24) is 10.2 Å². The van der Waals surface area contributed by atoms with E-state index in [4.69, 9.17) is 4.74 Å². The maximum Gasteiger partial charge on any atom is 0.356 e. The van der Waals surface area contributed by atoms with Gasteiger partial charge in [0, 0.05) is 21.5 Å². The van der Waals surface area contributed by atoms with Crippen molar-refractivity contribution in [3.63, 3.8) is 0 Å². The van der Waals surface area contributed by atoms with Gasteiger partial charge in [0.2, 0.25) is 5.91 Å². The molecule has 1 fully saturated rings. The number of amides is 2. The van der Waals surface area contributed by atoms with Gasteiger partial charge in [0.05, 0.1) is 11.3 Å². The number of hydrogen-bond donors (Lipinski definition) is 1. The highest BCUT2D eigenvalue weighted by Gasteiger charge is 2.54. The summed E-state index contributed by atoms with van der Waals surface area (Å²) in [6, 6.07) is 14.2. The minimum absolute atomic E-state index is 0.0546. The van der Waals surface area contributed by atoms with Crippen LogP contribution in [0.2, 0.25) is 0 Å². The van der Waals surface area contributed by atoms with Crippen LogP contribution in [0, 0.1) is 10.1 Å². The lowest BCUT2D eigenvalue weighted by atomic mass is 10.0. The summed E-state index contributed by atoms with van der Waals surface area (Å²) in [7, 11) is 0. The molecule has 2 amide bonds. The largest absolute Gasteiger partial charge is 0.456 e. The van der Waals surface area contributed by atoms with Gasteiger partial charge < -0.3 is 10.1 Å².